The van der Waals surface area contributed by atoms with E-state index in [2.05, 4.69) is 0 Å². The minimum atomic E-state index is -2.59. The van der Waals surface area contributed by atoms with Gasteiger partial charge in [0.2, 0.25) is 5.91 Å². The van der Waals surface area contributed by atoms with Gasteiger partial charge in [0.1, 0.15) is 0 Å². The van der Waals surface area contributed by atoms with Gasteiger partial charge >= 0.3 is 0 Å². The van der Waals surface area contributed by atoms with Gasteiger partial charge in [0.15, 0.2) is 0 Å². The van der Waals surface area contributed by atoms with Crippen molar-refractivity contribution in [2.45, 2.75) is 25.2 Å². The number of likely N-dealkylation sites (tertiary alicyclic amines) is 1. The normalized spacial score (nSPS) is 21.6. The van der Waals surface area contributed by atoms with E-state index in [1.54, 1.807) is 0 Å². The summed E-state index contributed by atoms with van der Waals surface area (Å²) in [6, 6.07) is 0. The van der Waals surface area contributed by atoms with Crippen LogP contribution in [0.3, 0.4) is 0 Å². The molecule has 0 atom stereocenters. The number of carbonyl (C=O) groups is 1. The first-order valence-corrected chi connectivity index (χ1v) is 4.80. The second-order valence-electron chi connectivity index (χ2n) is 3.18. The van der Waals surface area contributed by atoms with Gasteiger partial charge in [-0.1, -0.05) is 0 Å². The van der Waals surface area contributed by atoms with Crippen molar-refractivity contribution >= 4 is 17.5 Å². The smallest absolute Gasteiger partial charge is 0.251 e. The number of carbonyl (C=O) groups excluding carboxylic acids is 1. The van der Waals surface area contributed by atoms with Crippen LogP contribution in [0.25, 0.3) is 0 Å². The number of nitrogens with zero attached hydrogens (tertiary/aromatic N) is 1. The summed E-state index contributed by atoms with van der Waals surface area (Å²) in [4.78, 5) is 12.7. The van der Waals surface area contributed by atoms with Crippen LogP contribution in [0.4, 0.5) is 8.78 Å². The van der Waals surface area contributed by atoms with Crippen LogP contribution in [0.5, 0.6) is 0 Å². The molecule has 1 aliphatic heterocycles. The highest BCUT2D eigenvalue weighted by molar-refractivity contribution is 6.18. The summed E-state index contributed by atoms with van der Waals surface area (Å²) in [5, 5.41) is 0. The fraction of sp³-hybridized carbons (Fsp3) is 0.875. The van der Waals surface area contributed by atoms with Crippen molar-refractivity contribution in [3.8, 4) is 0 Å². The first-order valence-electron chi connectivity index (χ1n) is 4.27. The quantitative estimate of drug-likeness (QED) is 0.639. The van der Waals surface area contributed by atoms with Crippen LogP contribution in [0.15, 0.2) is 0 Å². The third kappa shape index (κ3) is 3.10. The predicted molar refractivity (Wildman–Crippen MR) is 46.1 cm³/mol. The highest BCUT2D eigenvalue weighted by atomic mass is 35.5. The molecule has 1 fully saturated rings. The van der Waals surface area contributed by atoms with Gasteiger partial charge in [-0.2, -0.15) is 0 Å². The Morgan fingerprint density at radius 1 is 1.38 bits per heavy atom. The lowest BCUT2D eigenvalue weighted by Crippen LogP contribution is -2.42. The zero-order valence-corrected chi connectivity index (χ0v) is 7.99. The Bertz CT molecular complexity index is 189. The standard InChI is InChI=1S/C8H12ClF2NO/c9-4-1-7(13)12-5-2-8(10,11)3-6-12/h1-6H2. The Morgan fingerprint density at radius 2 is 1.92 bits per heavy atom. The van der Waals surface area contributed by atoms with Crippen LogP contribution in [0.1, 0.15) is 19.3 Å². The number of halogens is 3. The molecule has 76 valence electrons. The molecule has 0 aliphatic carbocycles. The van der Waals surface area contributed by atoms with E-state index >= 15 is 0 Å². The van der Waals surface area contributed by atoms with E-state index in [0.717, 1.165) is 0 Å². The molecule has 5 heteroatoms. The second kappa shape index (κ2) is 4.22. The number of hydrogen-bond acceptors (Lipinski definition) is 1. The van der Waals surface area contributed by atoms with Gasteiger partial charge in [0.25, 0.3) is 5.92 Å². The van der Waals surface area contributed by atoms with Gasteiger partial charge in [-0.3, -0.25) is 4.79 Å². The van der Waals surface area contributed by atoms with Gasteiger partial charge in [0, 0.05) is 38.2 Å². The molecule has 0 radical (unpaired) electrons. The zero-order valence-electron chi connectivity index (χ0n) is 7.23. The number of amides is 1. The lowest BCUT2D eigenvalue weighted by molar-refractivity contribution is -0.136. The third-order valence-corrected chi connectivity index (χ3v) is 2.35. The monoisotopic (exact) mass is 211 g/mol. The number of alkyl halides is 3. The summed E-state index contributed by atoms with van der Waals surface area (Å²) in [6.07, 6.45) is -0.199. The summed E-state index contributed by atoms with van der Waals surface area (Å²) in [5.74, 6) is -2.45. The molecule has 13 heavy (non-hydrogen) atoms. The Hall–Kier alpha value is -0.380. The molecule has 0 aromatic carbocycles. The molecule has 0 aromatic rings. The summed E-state index contributed by atoms with van der Waals surface area (Å²) in [5.41, 5.74) is 0. The molecule has 0 saturated carbocycles. The van der Waals surface area contributed by atoms with Crippen molar-refractivity contribution < 1.29 is 13.6 Å². The Balaban J connectivity index is 2.36. The van der Waals surface area contributed by atoms with Crippen LogP contribution in [0, 0.1) is 0 Å². The van der Waals surface area contributed by atoms with Crippen molar-refractivity contribution in [2.24, 2.45) is 0 Å². The van der Waals surface area contributed by atoms with Crippen LogP contribution >= 0.6 is 11.6 Å². The van der Waals surface area contributed by atoms with Gasteiger partial charge in [-0.05, 0) is 0 Å². The Kier molecular flexibility index (Phi) is 3.47. The highest BCUT2D eigenvalue weighted by Crippen LogP contribution is 2.27. The first-order chi connectivity index (χ1) is 6.05. The van der Waals surface area contributed by atoms with Crippen LogP contribution in [-0.4, -0.2) is 35.7 Å². The Morgan fingerprint density at radius 3 is 2.38 bits per heavy atom. The average Bonchev–Trinajstić information content (AvgIpc) is 2.04. The SMILES string of the molecule is O=C(CCCl)N1CCC(F)(F)CC1. The van der Waals surface area contributed by atoms with E-state index < -0.39 is 5.92 Å². The molecule has 0 spiro atoms. The molecular formula is C8H12ClF2NO. The van der Waals surface area contributed by atoms with Crippen molar-refractivity contribution in [2.75, 3.05) is 19.0 Å². The first kappa shape index (κ1) is 10.7. The minimum absolute atomic E-state index is 0.120. The molecular weight excluding hydrogens is 200 g/mol. The van der Waals surface area contributed by atoms with Crippen molar-refractivity contribution in [3.05, 3.63) is 0 Å². The average molecular weight is 212 g/mol. The summed E-state index contributed by atoms with van der Waals surface area (Å²) in [6.45, 7) is 0.311. The Labute approximate surface area is 80.8 Å². The van der Waals surface area contributed by atoms with E-state index in [0.29, 0.717) is 0 Å². The maximum absolute atomic E-state index is 12.7. The highest BCUT2D eigenvalue weighted by Gasteiger charge is 2.35. The topological polar surface area (TPSA) is 20.3 Å². The maximum atomic E-state index is 12.7. The zero-order chi connectivity index (χ0) is 9.90. The molecule has 1 amide bonds. The van der Waals surface area contributed by atoms with Gasteiger partial charge in [0.05, 0.1) is 0 Å². The lowest BCUT2D eigenvalue weighted by Gasteiger charge is -2.31. The van der Waals surface area contributed by atoms with E-state index in [1.165, 1.54) is 4.90 Å². The van der Waals surface area contributed by atoms with Crippen LogP contribution in [0.2, 0.25) is 0 Å². The fourth-order valence-corrected chi connectivity index (χ4v) is 1.48. The maximum Gasteiger partial charge on any atom is 0.251 e. The van der Waals surface area contributed by atoms with Crippen LogP contribution in [-0.2, 0) is 4.79 Å². The lowest BCUT2D eigenvalue weighted by atomic mass is 10.1. The summed E-state index contributed by atoms with van der Waals surface area (Å²) >= 11 is 5.38. The molecule has 0 bridgehead atoms. The number of hydrogen-bond donors (Lipinski definition) is 0. The molecule has 1 heterocycles. The van der Waals surface area contributed by atoms with Crippen molar-refractivity contribution in [1.29, 1.82) is 0 Å². The van der Waals surface area contributed by atoms with E-state index in [4.69, 9.17) is 11.6 Å². The predicted octanol–water partition coefficient (Wildman–Crippen LogP) is 1.87. The third-order valence-electron chi connectivity index (χ3n) is 2.16. The summed E-state index contributed by atoms with van der Waals surface area (Å²) in [7, 11) is 0. The van der Waals surface area contributed by atoms with Gasteiger partial charge < -0.3 is 4.90 Å². The van der Waals surface area contributed by atoms with Gasteiger partial charge in [-0.15, -0.1) is 11.6 Å². The van der Waals surface area contributed by atoms with Crippen LogP contribution < -0.4 is 0 Å². The molecule has 2 nitrogen and oxygen atoms in total. The summed E-state index contributed by atoms with van der Waals surface area (Å²) < 4.78 is 25.3. The van der Waals surface area contributed by atoms with E-state index in [1.807, 2.05) is 0 Å². The minimum Gasteiger partial charge on any atom is -0.342 e. The molecule has 1 saturated heterocycles. The van der Waals surface area contributed by atoms with Crippen molar-refractivity contribution in [3.63, 3.8) is 0 Å². The molecule has 1 aliphatic rings. The number of rotatable bonds is 2. The van der Waals surface area contributed by atoms with E-state index in [-0.39, 0.29) is 44.1 Å². The largest absolute Gasteiger partial charge is 0.342 e. The second-order valence-corrected chi connectivity index (χ2v) is 3.55. The molecule has 0 aromatic heterocycles. The molecule has 0 unspecified atom stereocenters. The number of piperidine rings is 1. The molecule has 0 N–H and O–H groups in total. The van der Waals surface area contributed by atoms with Crippen molar-refractivity contribution in [1.82, 2.24) is 4.90 Å². The van der Waals surface area contributed by atoms with Gasteiger partial charge in [-0.25, -0.2) is 8.78 Å². The van der Waals surface area contributed by atoms with E-state index in [9.17, 15) is 13.6 Å². The molecule has 1 rings (SSSR count). The fourth-order valence-electron chi connectivity index (χ4n) is 1.32.